The highest BCUT2D eigenvalue weighted by Crippen LogP contribution is 2.01. The average molecular weight is 262 g/mol. The number of aromatic nitrogens is 3. The second kappa shape index (κ2) is 5.25. The Hall–Kier alpha value is -2.77. The van der Waals surface area contributed by atoms with E-state index in [1.165, 1.54) is 18.2 Å². The van der Waals surface area contributed by atoms with Crippen LogP contribution in [0.25, 0.3) is 0 Å². The SMILES string of the molecule is Cc1noc(CNC(=O)c2cccc(C(=O)O)n2)n1. The second-order valence-electron chi connectivity index (χ2n) is 3.63. The Kier molecular flexibility index (Phi) is 3.51. The van der Waals surface area contributed by atoms with Crippen molar-refractivity contribution in [2.24, 2.45) is 0 Å². The van der Waals surface area contributed by atoms with Gasteiger partial charge in [0.05, 0.1) is 6.54 Å². The highest BCUT2D eigenvalue weighted by Gasteiger charge is 2.12. The lowest BCUT2D eigenvalue weighted by molar-refractivity contribution is 0.0690. The van der Waals surface area contributed by atoms with E-state index in [-0.39, 0.29) is 23.8 Å². The first-order valence-corrected chi connectivity index (χ1v) is 5.34. The molecule has 2 aromatic heterocycles. The van der Waals surface area contributed by atoms with Crippen molar-refractivity contribution in [2.75, 3.05) is 0 Å². The quantitative estimate of drug-likeness (QED) is 0.818. The largest absolute Gasteiger partial charge is 0.477 e. The molecule has 98 valence electrons. The van der Waals surface area contributed by atoms with E-state index in [1.54, 1.807) is 6.92 Å². The number of nitrogens with one attached hydrogen (secondary N) is 1. The van der Waals surface area contributed by atoms with Crippen LogP contribution in [0.1, 0.15) is 32.7 Å². The molecule has 0 unspecified atom stereocenters. The standard InChI is InChI=1S/C11H10N4O4/c1-6-13-9(19-15-6)5-12-10(16)7-3-2-4-8(14-7)11(17)18/h2-4H,5H2,1H3,(H,12,16)(H,17,18). The number of amides is 1. The Morgan fingerprint density at radius 1 is 1.32 bits per heavy atom. The van der Waals surface area contributed by atoms with E-state index in [4.69, 9.17) is 9.63 Å². The number of nitrogens with zero attached hydrogens (tertiary/aromatic N) is 3. The van der Waals surface area contributed by atoms with Crippen LogP contribution in [0.3, 0.4) is 0 Å². The molecule has 0 fully saturated rings. The smallest absolute Gasteiger partial charge is 0.354 e. The summed E-state index contributed by atoms with van der Waals surface area (Å²) in [4.78, 5) is 30.1. The van der Waals surface area contributed by atoms with Gasteiger partial charge in [-0.05, 0) is 19.1 Å². The molecular formula is C11H10N4O4. The van der Waals surface area contributed by atoms with Crippen molar-refractivity contribution in [3.8, 4) is 0 Å². The van der Waals surface area contributed by atoms with E-state index in [2.05, 4.69) is 20.4 Å². The fourth-order valence-corrected chi connectivity index (χ4v) is 1.34. The molecule has 0 radical (unpaired) electrons. The van der Waals surface area contributed by atoms with Crippen LogP contribution in [-0.4, -0.2) is 32.1 Å². The molecule has 8 nitrogen and oxygen atoms in total. The third-order valence-corrected chi connectivity index (χ3v) is 2.17. The van der Waals surface area contributed by atoms with E-state index in [0.717, 1.165) is 0 Å². The Balaban J connectivity index is 2.03. The maximum atomic E-state index is 11.7. The first kappa shape index (κ1) is 12.7. The molecule has 1 amide bonds. The van der Waals surface area contributed by atoms with Gasteiger partial charge in [-0.1, -0.05) is 11.2 Å². The third kappa shape index (κ3) is 3.12. The molecule has 0 atom stereocenters. The Morgan fingerprint density at radius 3 is 2.68 bits per heavy atom. The van der Waals surface area contributed by atoms with Crippen LogP contribution in [0, 0.1) is 6.92 Å². The number of aryl methyl sites for hydroxylation is 1. The number of carbonyl (C=O) groups excluding carboxylic acids is 1. The van der Waals surface area contributed by atoms with Crippen molar-refractivity contribution in [2.45, 2.75) is 13.5 Å². The summed E-state index contributed by atoms with van der Waals surface area (Å²) < 4.78 is 4.82. The summed E-state index contributed by atoms with van der Waals surface area (Å²) in [6.07, 6.45) is 0. The number of carboxylic acids is 1. The second-order valence-corrected chi connectivity index (χ2v) is 3.63. The minimum absolute atomic E-state index is 0.0103. The average Bonchev–Trinajstić information content (AvgIpc) is 2.82. The molecule has 0 saturated carbocycles. The topological polar surface area (TPSA) is 118 Å². The predicted molar refractivity (Wildman–Crippen MR) is 61.4 cm³/mol. The van der Waals surface area contributed by atoms with Gasteiger partial charge >= 0.3 is 5.97 Å². The van der Waals surface area contributed by atoms with Crippen LogP contribution in [0.4, 0.5) is 0 Å². The number of carbonyl (C=O) groups is 2. The summed E-state index contributed by atoms with van der Waals surface area (Å²) in [7, 11) is 0. The first-order chi connectivity index (χ1) is 9.06. The van der Waals surface area contributed by atoms with Crippen molar-refractivity contribution < 1.29 is 19.2 Å². The summed E-state index contributed by atoms with van der Waals surface area (Å²) in [5, 5.41) is 14.9. The molecule has 2 N–H and O–H groups in total. The zero-order valence-electron chi connectivity index (χ0n) is 9.95. The molecule has 0 aliphatic carbocycles. The lowest BCUT2D eigenvalue weighted by Gasteiger charge is -2.02. The molecule has 2 rings (SSSR count). The monoisotopic (exact) mass is 262 g/mol. The molecular weight excluding hydrogens is 252 g/mol. The van der Waals surface area contributed by atoms with Gasteiger partial charge in [-0.3, -0.25) is 4.79 Å². The normalized spacial score (nSPS) is 10.2. The first-order valence-electron chi connectivity index (χ1n) is 5.34. The van der Waals surface area contributed by atoms with Gasteiger partial charge < -0.3 is 14.9 Å². The van der Waals surface area contributed by atoms with Crippen molar-refractivity contribution in [3.05, 3.63) is 41.3 Å². The minimum atomic E-state index is -1.19. The Bertz CT molecular complexity index is 623. The maximum Gasteiger partial charge on any atom is 0.354 e. The number of aromatic carboxylic acids is 1. The van der Waals surface area contributed by atoms with Crippen molar-refractivity contribution >= 4 is 11.9 Å². The zero-order valence-corrected chi connectivity index (χ0v) is 9.95. The molecule has 8 heteroatoms. The van der Waals surface area contributed by atoms with Gasteiger partial charge in [0, 0.05) is 0 Å². The van der Waals surface area contributed by atoms with Gasteiger partial charge in [0.2, 0.25) is 5.89 Å². The zero-order chi connectivity index (χ0) is 13.8. The molecule has 0 saturated heterocycles. The van der Waals surface area contributed by atoms with Crippen LogP contribution >= 0.6 is 0 Å². The molecule has 2 heterocycles. The molecule has 19 heavy (non-hydrogen) atoms. The number of rotatable bonds is 4. The Labute approximate surface area is 107 Å². The van der Waals surface area contributed by atoms with E-state index in [0.29, 0.717) is 5.82 Å². The lowest BCUT2D eigenvalue weighted by Crippen LogP contribution is -2.24. The van der Waals surface area contributed by atoms with Gasteiger partial charge in [-0.25, -0.2) is 9.78 Å². The van der Waals surface area contributed by atoms with Crippen LogP contribution in [0.15, 0.2) is 22.7 Å². The molecule has 0 aliphatic rings. The molecule has 0 bridgehead atoms. The number of carboxylic acid groups (broad SMARTS) is 1. The molecule has 0 aliphatic heterocycles. The van der Waals surface area contributed by atoms with Crippen LogP contribution in [-0.2, 0) is 6.54 Å². The fraction of sp³-hybridized carbons (Fsp3) is 0.182. The van der Waals surface area contributed by atoms with Crippen molar-refractivity contribution in [1.29, 1.82) is 0 Å². The summed E-state index contributed by atoms with van der Waals surface area (Å²) in [5.41, 5.74) is -0.183. The molecule has 0 aromatic carbocycles. The highest BCUT2D eigenvalue weighted by atomic mass is 16.5. The molecule has 0 spiro atoms. The van der Waals surface area contributed by atoms with Crippen LogP contribution < -0.4 is 5.32 Å². The number of hydrogen-bond acceptors (Lipinski definition) is 6. The van der Waals surface area contributed by atoms with Gasteiger partial charge in [-0.2, -0.15) is 4.98 Å². The third-order valence-electron chi connectivity index (χ3n) is 2.17. The van der Waals surface area contributed by atoms with Crippen molar-refractivity contribution in [1.82, 2.24) is 20.4 Å². The number of pyridine rings is 1. The minimum Gasteiger partial charge on any atom is -0.477 e. The van der Waals surface area contributed by atoms with E-state index >= 15 is 0 Å². The van der Waals surface area contributed by atoms with E-state index < -0.39 is 11.9 Å². The highest BCUT2D eigenvalue weighted by molar-refractivity contribution is 5.94. The van der Waals surface area contributed by atoms with E-state index in [1.807, 2.05) is 0 Å². The van der Waals surface area contributed by atoms with Gasteiger partial charge in [-0.15, -0.1) is 0 Å². The van der Waals surface area contributed by atoms with E-state index in [9.17, 15) is 9.59 Å². The lowest BCUT2D eigenvalue weighted by atomic mass is 10.3. The maximum absolute atomic E-state index is 11.7. The fourth-order valence-electron chi connectivity index (χ4n) is 1.34. The molecule has 2 aromatic rings. The summed E-state index contributed by atoms with van der Waals surface area (Å²) in [6, 6.07) is 4.17. The summed E-state index contributed by atoms with van der Waals surface area (Å²) >= 11 is 0. The van der Waals surface area contributed by atoms with Gasteiger partial charge in [0.15, 0.2) is 5.82 Å². The Morgan fingerprint density at radius 2 is 2.05 bits per heavy atom. The van der Waals surface area contributed by atoms with Gasteiger partial charge in [0.1, 0.15) is 11.4 Å². The number of hydrogen-bond donors (Lipinski definition) is 2. The summed E-state index contributed by atoms with van der Waals surface area (Å²) in [5.74, 6) is -0.975. The summed E-state index contributed by atoms with van der Waals surface area (Å²) in [6.45, 7) is 1.71. The van der Waals surface area contributed by atoms with Crippen LogP contribution in [0.2, 0.25) is 0 Å². The van der Waals surface area contributed by atoms with Crippen LogP contribution in [0.5, 0.6) is 0 Å². The van der Waals surface area contributed by atoms with Gasteiger partial charge in [0.25, 0.3) is 5.91 Å². The predicted octanol–water partition coefficient (Wildman–Crippen LogP) is 0.401. The van der Waals surface area contributed by atoms with Crippen molar-refractivity contribution in [3.63, 3.8) is 0 Å².